The predicted octanol–water partition coefficient (Wildman–Crippen LogP) is 2.46. The van der Waals surface area contributed by atoms with Gasteiger partial charge in [-0.1, -0.05) is 18.2 Å². The number of para-hydroxylation sites is 1. The van der Waals surface area contributed by atoms with E-state index in [1.54, 1.807) is 26.0 Å². The molecule has 1 atom stereocenters. The normalized spacial score (nSPS) is 15.6. The van der Waals surface area contributed by atoms with E-state index in [1.807, 2.05) is 18.2 Å². The van der Waals surface area contributed by atoms with E-state index in [4.69, 9.17) is 9.47 Å². The lowest BCUT2D eigenvalue weighted by molar-refractivity contribution is -0.135. The van der Waals surface area contributed by atoms with Crippen molar-refractivity contribution in [2.75, 3.05) is 23.5 Å². The van der Waals surface area contributed by atoms with Gasteiger partial charge in [0.2, 0.25) is 0 Å². The van der Waals surface area contributed by atoms with E-state index in [0.29, 0.717) is 5.69 Å². The Morgan fingerprint density at radius 2 is 1.83 bits per heavy atom. The second-order valence-electron chi connectivity index (χ2n) is 5.91. The van der Waals surface area contributed by atoms with Crippen LogP contribution >= 0.6 is 11.3 Å². The van der Waals surface area contributed by atoms with Gasteiger partial charge in [-0.15, -0.1) is 11.3 Å². The minimum atomic E-state index is -0.758. The van der Waals surface area contributed by atoms with Crippen LogP contribution in [0.25, 0.3) is 0 Å². The first-order valence-corrected chi connectivity index (χ1v) is 9.93. The number of hydrogen-bond acceptors (Lipinski definition) is 9. The van der Waals surface area contributed by atoms with Gasteiger partial charge >= 0.3 is 11.9 Å². The monoisotopic (exact) mass is 416 g/mol. The Kier molecular flexibility index (Phi) is 6.55. The molecule has 2 aromatic rings. The molecule has 0 saturated heterocycles. The maximum Gasteiger partial charge on any atom is 0.357 e. The molecule has 1 aromatic heterocycles. The Hall–Kier alpha value is -3.27. The summed E-state index contributed by atoms with van der Waals surface area (Å²) in [4.78, 5) is 40.9. The van der Waals surface area contributed by atoms with Crippen LogP contribution in [0, 0.1) is 0 Å². The van der Waals surface area contributed by atoms with E-state index in [-0.39, 0.29) is 36.2 Å². The average Bonchev–Trinajstić information content (AvgIpc) is 3.36. The van der Waals surface area contributed by atoms with Crippen molar-refractivity contribution in [1.29, 1.82) is 0 Å². The van der Waals surface area contributed by atoms with Crippen LogP contribution in [0.5, 0.6) is 0 Å². The molecule has 0 fully saturated rings. The van der Waals surface area contributed by atoms with E-state index >= 15 is 0 Å². The maximum absolute atomic E-state index is 12.9. The zero-order chi connectivity index (χ0) is 20.8. The van der Waals surface area contributed by atoms with Crippen molar-refractivity contribution in [2.45, 2.75) is 26.3 Å². The van der Waals surface area contributed by atoms with Crippen LogP contribution < -0.4 is 10.3 Å². The van der Waals surface area contributed by atoms with E-state index < -0.39 is 23.9 Å². The van der Waals surface area contributed by atoms with Gasteiger partial charge in [-0.25, -0.2) is 14.6 Å². The summed E-state index contributed by atoms with van der Waals surface area (Å²) in [5, 5.41) is 10.2. The number of thiazole rings is 1. The summed E-state index contributed by atoms with van der Waals surface area (Å²) >= 11 is 1.11. The molecule has 1 N–H and O–H groups in total. The highest BCUT2D eigenvalue weighted by molar-refractivity contribution is 7.14. The zero-order valence-corrected chi connectivity index (χ0v) is 16.8. The molecule has 1 aromatic carbocycles. The Balaban J connectivity index is 1.77. The van der Waals surface area contributed by atoms with Crippen LogP contribution in [0.1, 0.15) is 30.8 Å². The highest BCUT2D eigenvalue weighted by atomic mass is 32.1. The smallest absolute Gasteiger partial charge is 0.357 e. The molecule has 29 heavy (non-hydrogen) atoms. The molecule has 0 bridgehead atoms. The van der Waals surface area contributed by atoms with Crippen molar-refractivity contribution < 1.29 is 23.9 Å². The summed E-state index contributed by atoms with van der Waals surface area (Å²) in [6.45, 7) is 3.86. The fraction of sp³-hybridized carbons (Fsp3) is 0.316. The fourth-order valence-corrected chi connectivity index (χ4v) is 3.37. The van der Waals surface area contributed by atoms with E-state index in [9.17, 15) is 14.4 Å². The molecular weight excluding hydrogens is 396 g/mol. The van der Waals surface area contributed by atoms with Gasteiger partial charge in [0.15, 0.2) is 10.8 Å². The Bertz CT molecular complexity index is 928. The van der Waals surface area contributed by atoms with Gasteiger partial charge in [0.05, 0.1) is 18.9 Å². The molecule has 0 saturated carbocycles. The number of carbonyl (C=O) groups excluding carboxylic acids is 3. The van der Waals surface area contributed by atoms with Gasteiger partial charge in [-0.05, 0) is 26.0 Å². The third-order valence-electron chi connectivity index (χ3n) is 3.96. The van der Waals surface area contributed by atoms with Crippen LogP contribution in [0.3, 0.4) is 0 Å². The minimum absolute atomic E-state index is 0.0929. The van der Waals surface area contributed by atoms with Gasteiger partial charge in [-0.3, -0.25) is 9.80 Å². The highest BCUT2D eigenvalue weighted by Crippen LogP contribution is 2.26. The molecule has 0 aliphatic carbocycles. The number of anilines is 2. The Labute approximate surface area is 171 Å². The molecule has 1 aliphatic heterocycles. The van der Waals surface area contributed by atoms with Crippen molar-refractivity contribution in [3.8, 4) is 0 Å². The van der Waals surface area contributed by atoms with Crippen molar-refractivity contribution >= 4 is 45.7 Å². The SMILES string of the molecule is CCOC(=O)C1=NN(c2ccccc2)C(C(=O)Nc2nc(C(=O)OCC)cs2)C1. The Morgan fingerprint density at radius 3 is 2.52 bits per heavy atom. The highest BCUT2D eigenvalue weighted by Gasteiger charge is 2.37. The number of benzene rings is 1. The summed E-state index contributed by atoms with van der Waals surface area (Å²) in [6.07, 6.45) is 0.0929. The lowest BCUT2D eigenvalue weighted by atomic mass is 10.1. The van der Waals surface area contributed by atoms with Crippen molar-refractivity contribution in [1.82, 2.24) is 4.98 Å². The number of hydrazone groups is 1. The van der Waals surface area contributed by atoms with Crippen molar-refractivity contribution in [2.24, 2.45) is 5.10 Å². The number of amides is 1. The number of nitrogens with one attached hydrogen (secondary N) is 1. The molecular formula is C19H20N4O5S. The molecule has 0 radical (unpaired) electrons. The standard InChI is InChI=1S/C19H20N4O5S/c1-3-27-17(25)13-10-15(23(22-13)12-8-6-5-7-9-12)16(24)21-19-20-14(11-29-19)18(26)28-4-2/h5-9,11,15H,3-4,10H2,1-2H3,(H,20,21,24). The number of aromatic nitrogens is 1. The number of nitrogens with zero attached hydrogens (tertiary/aromatic N) is 3. The van der Waals surface area contributed by atoms with Crippen LogP contribution in [-0.2, 0) is 19.1 Å². The van der Waals surface area contributed by atoms with Gasteiger partial charge in [0, 0.05) is 11.8 Å². The summed E-state index contributed by atoms with van der Waals surface area (Å²) in [5.41, 5.74) is 0.961. The lowest BCUT2D eigenvalue weighted by Crippen LogP contribution is -2.38. The average molecular weight is 416 g/mol. The van der Waals surface area contributed by atoms with E-state index in [0.717, 1.165) is 11.3 Å². The predicted molar refractivity (Wildman–Crippen MR) is 108 cm³/mol. The number of esters is 2. The summed E-state index contributed by atoms with van der Waals surface area (Å²) in [7, 11) is 0. The third-order valence-corrected chi connectivity index (χ3v) is 4.72. The van der Waals surface area contributed by atoms with Crippen molar-refractivity contribution in [3.63, 3.8) is 0 Å². The van der Waals surface area contributed by atoms with Gasteiger partial charge < -0.3 is 14.8 Å². The number of hydrogen-bond donors (Lipinski definition) is 1. The maximum atomic E-state index is 12.9. The molecule has 152 valence electrons. The third kappa shape index (κ3) is 4.77. The number of ether oxygens (including phenoxy) is 2. The summed E-state index contributed by atoms with van der Waals surface area (Å²) in [6, 6.07) is 8.30. The number of rotatable bonds is 7. The fourth-order valence-electron chi connectivity index (χ4n) is 2.69. The molecule has 0 spiro atoms. The Morgan fingerprint density at radius 1 is 1.14 bits per heavy atom. The molecule has 2 heterocycles. The summed E-state index contributed by atoms with van der Waals surface area (Å²) in [5.74, 6) is -1.51. The summed E-state index contributed by atoms with van der Waals surface area (Å²) < 4.78 is 9.92. The van der Waals surface area contributed by atoms with E-state index in [2.05, 4.69) is 15.4 Å². The van der Waals surface area contributed by atoms with Crippen LogP contribution in [-0.4, -0.2) is 47.8 Å². The lowest BCUT2D eigenvalue weighted by Gasteiger charge is -2.22. The second kappa shape index (κ2) is 9.28. The van der Waals surface area contributed by atoms with Crippen molar-refractivity contribution in [3.05, 3.63) is 41.4 Å². The van der Waals surface area contributed by atoms with Crippen LogP contribution in [0.15, 0.2) is 40.8 Å². The number of carbonyl (C=O) groups is 3. The first-order chi connectivity index (χ1) is 14.0. The first-order valence-electron chi connectivity index (χ1n) is 9.05. The molecule has 3 rings (SSSR count). The second-order valence-corrected chi connectivity index (χ2v) is 6.77. The van der Waals surface area contributed by atoms with Gasteiger partial charge in [0.25, 0.3) is 5.91 Å². The molecule has 1 amide bonds. The molecule has 9 nitrogen and oxygen atoms in total. The molecule has 10 heteroatoms. The van der Waals surface area contributed by atoms with Crippen LogP contribution in [0.2, 0.25) is 0 Å². The topological polar surface area (TPSA) is 110 Å². The van der Waals surface area contributed by atoms with E-state index in [1.165, 1.54) is 10.4 Å². The minimum Gasteiger partial charge on any atom is -0.461 e. The molecule has 1 aliphatic rings. The quantitative estimate of drug-likeness (QED) is 0.690. The van der Waals surface area contributed by atoms with Gasteiger partial charge in [-0.2, -0.15) is 5.10 Å². The largest absolute Gasteiger partial charge is 0.461 e. The molecule has 1 unspecified atom stereocenters. The first kappa shape index (κ1) is 20.5. The van der Waals surface area contributed by atoms with Gasteiger partial charge in [0.1, 0.15) is 11.8 Å². The zero-order valence-electron chi connectivity index (χ0n) is 16.0. The van der Waals surface area contributed by atoms with Crippen LogP contribution in [0.4, 0.5) is 10.8 Å².